The van der Waals surface area contributed by atoms with Gasteiger partial charge in [0.15, 0.2) is 0 Å². The van der Waals surface area contributed by atoms with E-state index in [9.17, 15) is 23.3 Å². The SMILES string of the molecule is Cc1ccc(S(=O)(=O)N2CCCN(C(=O)c3ccc([N+](=O)[O-])cc3Cl)CC2)cc1. The number of halogens is 1. The Hall–Kier alpha value is -2.49. The highest BCUT2D eigenvalue weighted by atomic mass is 35.5. The summed E-state index contributed by atoms with van der Waals surface area (Å²) < 4.78 is 27.2. The second-order valence-corrected chi connectivity index (χ2v) is 9.13. The van der Waals surface area contributed by atoms with Gasteiger partial charge in [-0.3, -0.25) is 14.9 Å². The van der Waals surface area contributed by atoms with Crippen molar-refractivity contribution in [2.45, 2.75) is 18.2 Å². The van der Waals surface area contributed by atoms with Gasteiger partial charge in [0.2, 0.25) is 10.0 Å². The summed E-state index contributed by atoms with van der Waals surface area (Å²) >= 11 is 6.06. The van der Waals surface area contributed by atoms with Crippen LogP contribution < -0.4 is 0 Å². The number of hydrogen-bond acceptors (Lipinski definition) is 5. The van der Waals surface area contributed by atoms with Crippen LogP contribution in [0.3, 0.4) is 0 Å². The number of nitro groups is 1. The van der Waals surface area contributed by atoms with Gasteiger partial charge in [-0.15, -0.1) is 0 Å². The van der Waals surface area contributed by atoms with Crippen molar-refractivity contribution in [2.24, 2.45) is 0 Å². The van der Waals surface area contributed by atoms with Crippen molar-refractivity contribution in [3.63, 3.8) is 0 Å². The molecule has 0 atom stereocenters. The maximum atomic E-state index is 12.9. The molecule has 1 aliphatic rings. The van der Waals surface area contributed by atoms with E-state index in [0.717, 1.165) is 11.6 Å². The minimum absolute atomic E-state index is 0.00224. The van der Waals surface area contributed by atoms with Crippen LogP contribution in [0.25, 0.3) is 0 Å². The van der Waals surface area contributed by atoms with Crippen molar-refractivity contribution in [1.82, 2.24) is 9.21 Å². The molecular formula is C19H20ClN3O5S. The third-order valence-corrected chi connectivity index (χ3v) is 7.02. The first-order valence-electron chi connectivity index (χ1n) is 9.00. The number of amides is 1. The van der Waals surface area contributed by atoms with Gasteiger partial charge in [-0.05, 0) is 31.5 Å². The van der Waals surface area contributed by atoms with Crippen molar-refractivity contribution in [3.8, 4) is 0 Å². The Morgan fingerprint density at radius 3 is 2.38 bits per heavy atom. The summed E-state index contributed by atoms with van der Waals surface area (Å²) in [4.78, 5) is 24.8. The van der Waals surface area contributed by atoms with Crippen molar-refractivity contribution in [2.75, 3.05) is 26.2 Å². The topological polar surface area (TPSA) is 101 Å². The minimum Gasteiger partial charge on any atom is -0.337 e. The number of aryl methyl sites for hydroxylation is 1. The molecule has 3 rings (SSSR count). The summed E-state index contributed by atoms with van der Waals surface area (Å²) in [6, 6.07) is 10.3. The van der Waals surface area contributed by atoms with E-state index in [4.69, 9.17) is 11.6 Å². The number of non-ortho nitro benzene ring substituents is 1. The highest BCUT2D eigenvalue weighted by Crippen LogP contribution is 2.25. The first kappa shape index (κ1) is 21.2. The molecule has 0 N–H and O–H groups in total. The van der Waals surface area contributed by atoms with Crippen LogP contribution in [0.5, 0.6) is 0 Å². The van der Waals surface area contributed by atoms with Crippen LogP contribution in [0, 0.1) is 17.0 Å². The van der Waals surface area contributed by atoms with E-state index < -0.39 is 14.9 Å². The third-order valence-electron chi connectivity index (χ3n) is 4.79. The molecule has 0 radical (unpaired) electrons. The summed E-state index contributed by atoms with van der Waals surface area (Å²) in [5, 5.41) is 10.8. The van der Waals surface area contributed by atoms with E-state index in [1.54, 1.807) is 24.3 Å². The summed E-state index contributed by atoms with van der Waals surface area (Å²) in [5.41, 5.74) is 0.932. The fraction of sp³-hybridized carbons (Fsp3) is 0.316. The van der Waals surface area contributed by atoms with Crippen molar-refractivity contribution < 1.29 is 18.1 Å². The second-order valence-electron chi connectivity index (χ2n) is 6.78. The maximum absolute atomic E-state index is 12.9. The lowest BCUT2D eigenvalue weighted by atomic mass is 10.1. The number of benzene rings is 2. The Balaban J connectivity index is 1.75. The molecule has 0 bridgehead atoms. The molecule has 0 aromatic heterocycles. The van der Waals surface area contributed by atoms with Gasteiger partial charge in [-0.1, -0.05) is 29.3 Å². The fourth-order valence-electron chi connectivity index (χ4n) is 3.16. The Labute approximate surface area is 173 Å². The first-order chi connectivity index (χ1) is 13.7. The zero-order valence-electron chi connectivity index (χ0n) is 15.7. The number of hydrogen-bond donors (Lipinski definition) is 0. The molecule has 0 saturated carbocycles. The highest BCUT2D eigenvalue weighted by Gasteiger charge is 2.29. The van der Waals surface area contributed by atoms with Crippen molar-refractivity contribution in [1.29, 1.82) is 0 Å². The van der Waals surface area contributed by atoms with Crippen LogP contribution in [0.4, 0.5) is 5.69 Å². The van der Waals surface area contributed by atoms with Crippen LogP contribution in [0.2, 0.25) is 5.02 Å². The molecule has 2 aromatic rings. The molecule has 0 unspecified atom stereocenters. The van der Waals surface area contributed by atoms with Crippen LogP contribution >= 0.6 is 11.6 Å². The van der Waals surface area contributed by atoms with Crippen molar-refractivity contribution in [3.05, 3.63) is 68.7 Å². The van der Waals surface area contributed by atoms with Gasteiger partial charge < -0.3 is 4.90 Å². The number of sulfonamides is 1. The summed E-state index contributed by atoms with van der Waals surface area (Å²) in [6.45, 7) is 2.92. The predicted octanol–water partition coefficient (Wildman–Crippen LogP) is 3.09. The monoisotopic (exact) mass is 437 g/mol. The van der Waals surface area contributed by atoms with Crippen LogP contribution in [-0.2, 0) is 10.0 Å². The van der Waals surface area contributed by atoms with E-state index in [2.05, 4.69) is 0 Å². The molecular weight excluding hydrogens is 418 g/mol. The summed E-state index contributed by atoms with van der Waals surface area (Å²) in [7, 11) is -3.64. The number of nitrogens with zero attached hydrogens (tertiary/aromatic N) is 3. The van der Waals surface area contributed by atoms with E-state index in [0.29, 0.717) is 19.5 Å². The summed E-state index contributed by atoms with van der Waals surface area (Å²) in [5.74, 6) is -0.375. The number of carbonyl (C=O) groups is 1. The second kappa shape index (κ2) is 8.48. The molecule has 10 heteroatoms. The van der Waals surface area contributed by atoms with E-state index >= 15 is 0 Å². The molecule has 1 fully saturated rings. The molecule has 8 nitrogen and oxygen atoms in total. The smallest absolute Gasteiger partial charge is 0.270 e. The Bertz CT molecular complexity index is 1040. The average Bonchev–Trinajstić information content (AvgIpc) is 2.94. The van der Waals surface area contributed by atoms with Gasteiger partial charge in [0.1, 0.15) is 0 Å². The zero-order valence-corrected chi connectivity index (χ0v) is 17.3. The molecule has 154 valence electrons. The van der Waals surface area contributed by atoms with Crippen LogP contribution in [0.1, 0.15) is 22.3 Å². The molecule has 1 amide bonds. The van der Waals surface area contributed by atoms with E-state index in [1.165, 1.54) is 21.3 Å². The van der Waals surface area contributed by atoms with Gasteiger partial charge in [0, 0.05) is 38.3 Å². The Morgan fingerprint density at radius 2 is 1.76 bits per heavy atom. The predicted molar refractivity (Wildman–Crippen MR) is 109 cm³/mol. The van der Waals surface area contributed by atoms with E-state index in [1.807, 2.05) is 6.92 Å². The van der Waals surface area contributed by atoms with Gasteiger partial charge >= 0.3 is 0 Å². The molecule has 1 heterocycles. The van der Waals surface area contributed by atoms with Crippen LogP contribution in [0.15, 0.2) is 47.4 Å². The maximum Gasteiger partial charge on any atom is 0.270 e. The van der Waals surface area contributed by atoms with Gasteiger partial charge in [0.25, 0.3) is 11.6 Å². The molecule has 1 saturated heterocycles. The van der Waals surface area contributed by atoms with Gasteiger partial charge in [0.05, 0.1) is 20.4 Å². The number of carbonyl (C=O) groups excluding carboxylic acids is 1. The standard InChI is InChI=1S/C19H20ClN3O5S/c1-14-3-6-16(7-4-14)29(27,28)22-10-2-9-21(11-12-22)19(24)17-8-5-15(23(25)26)13-18(17)20/h3-8,13H,2,9-12H2,1H3. The van der Waals surface area contributed by atoms with Gasteiger partial charge in [-0.25, -0.2) is 8.42 Å². The lowest BCUT2D eigenvalue weighted by molar-refractivity contribution is -0.384. The lowest BCUT2D eigenvalue weighted by Gasteiger charge is -2.22. The zero-order chi connectivity index (χ0) is 21.2. The molecule has 2 aromatic carbocycles. The molecule has 0 aliphatic carbocycles. The minimum atomic E-state index is -3.64. The highest BCUT2D eigenvalue weighted by molar-refractivity contribution is 7.89. The molecule has 0 spiro atoms. The quantitative estimate of drug-likeness (QED) is 0.540. The average molecular weight is 438 g/mol. The number of nitro benzene ring substituents is 1. The van der Waals surface area contributed by atoms with Gasteiger partial charge in [-0.2, -0.15) is 4.31 Å². The normalized spacial score (nSPS) is 15.7. The Kier molecular flexibility index (Phi) is 6.21. The van der Waals surface area contributed by atoms with Crippen molar-refractivity contribution >= 4 is 33.2 Å². The largest absolute Gasteiger partial charge is 0.337 e. The van der Waals surface area contributed by atoms with Crippen LogP contribution in [-0.4, -0.2) is 54.6 Å². The summed E-state index contributed by atoms with van der Waals surface area (Å²) in [6.07, 6.45) is 0.474. The first-order valence-corrected chi connectivity index (χ1v) is 10.8. The Morgan fingerprint density at radius 1 is 1.07 bits per heavy atom. The molecule has 29 heavy (non-hydrogen) atoms. The lowest BCUT2D eigenvalue weighted by Crippen LogP contribution is -2.37. The molecule has 1 aliphatic heterocycles. The number of rotatable bonds is 4. The fourth-order valence-corrected chi connectivity index (χ4v) is 4.88. The van der Waals surface area contributed by atoms with E-state index in [-0.39, 0.29) is 40.2 Å². The third kappa shape index (κ3) is 4.58.